The van der Waals surface area contributed by atoms with Crippen LogP contribution in [0, 0.1) is 0 Å². The Kier molecular flexibility index (Phi) is 6.18. The predicted molar refractivity (Wildman–Crippen MR) is 86.8 cm³/mol. The third-order valence-corrected chi connectivity index (χ3v) is 3.67. The highest BCUT2D eigenvalue weighted by Gasteiger charge is 2.33. The fourth-order valence-electron chi connectivity index (χ4n) is 2.30. The van der Waals surface area contributed by atoms with Crippen LogP contribution in [0.4, 0.5) is 4.79 Å². The highest BCUT2D eigenvalue weighted by molar-refractivity contribution is 5.90. The summed E-state index contributed by atoms with van der Waals surface area (Å²) in [5, 5.41) is 0. The molecule has 0 aliphatic carbocycles. The number of hydrogen-bond donors (Lipinski definition) is 0. The molecule has 23 heavy (non-hydrogen) atoms. The Morgan fingerprint density at radius 3 is 2.43 bits per heavy atom. The predicted octanol–water partition coefficient (Wildman–Crippen LogP) is 1.10. The van der Waals surface area contributed by atoms with Crippen molar-refractivity contribution in [1.29, 1.82) is 0 Å². The molecule has 0 bridgehead atoms. The van der Waals surface area contributed by atoms with E-state index in [1.165, 1.54) is 15.9 Å². The first-order chi connectivity index (χ1) is 10.5. The van der Waals surface area contributed by atoms with Gasteiger partial charge in [-0.3, -0.25) is 9.59 Å². The molecule has 130 valence electrons. The number of carbonyl (C=O) groups excluding carboxylic acids is 3. The lowest BCUT2D eigenvalue weighted by atomic mass is 10.2. The molecule has 3 amide bonds. The Morgan fingerprint density at radius 1 is 1.30 bits per heavy atom. The topological polar surface area (TPSA) is 70.2 Å². The molecule has 1 saturated heterocycles. The van der Waals surface area contributed by atoms with E-state index in [2.05, 4.69) is 6.58 Å². The van der Waals surface area contributed by atoms with Gasteiger partial charge in [-0.05, 0) is 33.3 Å². The van der Waals surface area contributed by atoms with Gasteiger partial charge in [-0.1, -0.05) is 6.58 Å². The largest absolute Gasteiger partial charge is 0.444 e. The van der Waals surface area contributed by atoms with Gasteiger partial charge in [-0.25, -0.2) is 4.79 Å². The van der Waals surface area contributed by atoms with E-state index in [4.69, 9.17) is 4.74 Å². The summed E-state index contributed by atoms with van der Waals surface area (Å²) in [6, 6.07) is -0.0748. The molecule has 1 rings (SSSR count). The van der Waals surface area contributed by atoms with Crippen LogP contribution >= 0.6 is 0 Å². The van der Waals surface area contributed by atoms with Crippen molar-refractivity contribution in [2.24, 2.45) is 0 Å². The van der Waals surface area contributed by atoms with Gasteiger partial charge in [0.05, 0.1) is 12.6 Å². The lowest BCUT2D eigenvalue weighted by Gasteiger charge is -2.28. The SMILES string of the molecule is C=CC(=O)N(C)CC(=O)N1CCC(N(C)C(=O)OC(C)(C)C)C1. The quantitative estimate of drug-likeness (QED) is 0.726. The molecule has 1 heterocycles. The number of carbonyl (C=O) groups is 3. The molecular formula is C16H27N3O4. The molecule has 0 aromatic heterocycles. The molecule has 0 saturated carbocycles. The van der Waals surface area contributed by atoms with Crippen LogP contribution in [0.1, 0.15) is 27.2 Å². The fourth-order valence-corrected chi connectivity index (χ4v) is 2.30. The van der Waals surface area contributed by atoms with E-state index in [1.54, 1.807) is 19.0 Å². The van der Waals surface area contributed by atoms with Crippen molar-refractivity contribution in [3.8, 4) is 0 Å². The lowest BCUT2D eigenvalue weighted by Crippen LogP contribution is -2.44. The molecule has 0 spiro atoms. The van der Waals surface area contributed by atoms with Gasteiger partial charge in [0.15, 0.2) is 0 Å². The van der Waals surface area contributed by atoms with Gasteiger partial charge in [-0.15, -0.1) is 0 Å². The van der Waals surface area contributed by atoms with Crippen LogP contribution in [0.3, 0.4) is 0 Å². The monoisotopic (exact) mass is 325 g/mol. The van der Waals surface area contributed by atoms with Crippen LogP contribution < -0.4 is 0 Å². The van der Waals surface area contributed by atoms with Crippen LogP contribution in [-0.4, -0.2) is 78.0 Å². The summed E-state index contributed by atoms with van der Waals surface area (Å²) < 4.78 is 5.34. The zero-order chi connectivity index (χ0) is 17.8. The molecule has 1 fully saturated rings. The molecular weight excluding hydrogens is 298 g/mol. The molecule has 1 aliphatic rings. The number of likely N-dealkylation sites (N-methyl/N-ethyl adjacent to an activating group) is 2. The summed E-state index contributed by atoms with van der Waals surface area (Å²) in [7, 11) is 3.24. The zero-order valence-corrected chi connectivity index (χ0v) is 14.7. The smallest absolute Gasteiger partial charge is 0.410 e. The molecule has 0 N–H and O–H groups in total. The van der Waals surface area contributed by atoms with Crippen LogP contribution in [0.15, 0.2) is 12.7 Å². The van der Waals surface area contributed by atoms with Gasteiger partial charge in [0.2, 0.25) is 11.8 Å². The third-order valence-electron chi connectivity index (χ3n) is 3.67. The number of likely N-dealkylation sites (tertiary alicyclic amines) is 1. The maximum absolute atomic E-state index is 12.2. The second-order valence-corrected chi connectivity index (χ2v) is 6.77. The first kappa shape index (κ1) is 19.0. The number of rotatable bonds is 4. The molecule has 0 aromatic carbocycles. The minimum Gasteiger partial charge on any atom is -0.444 e. The van der Waals surface area contributed by atoms with Crippen molar-refractivity contribution < 1.29 is 19.1 Å². The zero-order valence-electron chi connectivity index (χ0n) is 14.7. The van der Waals surface area contributed by atoms with Crippen molar-refractivity contribution in [2.45, 2.75) is 38.8 Å². The molecule has 7 nitrogen and oxygen atoms in total. The normalized spacial score (nSPS) is 17.6. The first-order valence-electron chi connectivity index (χ1n) is 7.66. The standard InChI is InChI=1S/C16H27N3O4/c1-7-13(20)17(5)11-14(21)19-9-8-12(10-19)18(6)15(22)23-16(2,3)4/h7,12H,1,8-11H2,2-6H3. The summed E-state index contributed by atoms with van der Waals surface area (Å²) in [5.41, 5.74) is -0.548. The van der Waals surface area contributed by atoms with Gasteiger partial charge in [0, 0.05) is 27.2 Å². The minimum absolute atomic E-state index is 0.00766. The van der Waals surface area contributed by atoms with Crippen molar-refractivity contribution in [1.82, 2.24) is 14.7 Å². The molecule has 1 unspecified atom stereocenters. The van der Waals surface area contributed by atoms with E-state index in [1.807, 2.05) is 20.8 Å². The maximum Gasteiger partial charge on any atom is 0.410 e. The van der Waals surface area contributed by atoms with Crippen molar-refractivity contribution in [3.05, 3.63) is 12.7 Å². The van der Waals surface area contributed by atoms with E-state index < -0.39 is 11.7 Å². The average Bonchev–Trinajstić information content (AvgIpc) is 2.93. The van der Waals surface area contributed by atoms with Crippen LogP contribution in [-0.2, 0) is 14.3 Å². The van der Waals surface area contributed by atoms with Gasteiger partial charge < -0.3 is 19.4 Å². The Bertz CT molecular complexity index is 484. The Labute approximate surface area is 137 Å². The summed E-state index contributed by atoms with van der Waals surface area (Å²) in [4.78, 5) is 40.2. The molecule has 1 aliphatic heterocycles. The number of ether oxygens (including phenoxy) is 1. The van der Waals surface area contributed by atoms with Crippen molar-refractivity contribution in [3.63, 3.8) is 0 Å². The van der Waals surface area contributed by atoms with Crippen molar-refractivity contribution in [2.75, 3.05) is 33.7 Å². The van der Waals surface area contributed by atoms with Gasteiger partial charge in [-0.2, -0.15) is 0 Å². The highest BCUT2D eigenvalue weighted by atomic mass is 16.6. The van der Waals surface area contributed by atoms with Gasteiger partial charge in [0.25, 0.3) is 0 Å². The summed E-state index contributed by atoms with van der Waals surface area (Å²) in [6.07, 6.45) is 1.48. The molecule has 7 heteroatoms. The fraction of sp³-hybridized carbons (Fsp3) is 0.688. The van der Waals surface area contributed by atoms with Gasteiger partial charge in [0.1, 0.15) is 5.60 Å². The van der Waals surface area contributed by atoms with E-state index in [9.17, 15) is 14.4 Å². The second-order valence-electron chi connectivity index (χ2n) is 6.77. The highest BCUT2D eigenvalue weighted by Crippen LogP contribution is 2.18. The lowest BCUT2D eigenvalue weighted by molar-refractivity contribution is -0.136. The van der Waals surface area contributed by atoms with E-state index in [0.29, 0.717) is 19.5 Å². The second kappa shape index (κ2) is 7.48. The van der Waals surface area contributed by atoms with Crippen LogP contribution in [0.5, 0.6) is 0 Å². The van der Waals surface area contributed by atoms with E-state index in [-0.39, 0.29) is 24.4 Å². The summed E-state index contributed by atoms with van der Waals surface area (Å²) >= 11 is 0. The van der Waals surface area contributed by atoms with Crippen LogP contribution in [0.25, 0.3) is 0 Å². The maximum atomic E-state index is 12.2. The third kappa shape index (κ3) is 5.58. The van der Waals surface area contributed by atoms with Crippen molar-refractivity contribution >= 4 is 17.9 Å². The Balaban J connectivity index is 2.54. The molecule has 0 aromatic rings. The average molecular weight is 325 g/mol. The number of amides is 3. The van der Waals surface area contributed by atoms with Gasteiger partial charge >= 0.3 is 6.09 Å². The Hall–Kier alpha value is -2.05. The molecule has 0 radical (unpaired) electrons. The Morgan fingerprint density at radius 2 is 1.91 bits per heavy atom. The van der Waals surface area contributed by atoms with E-state index >= 15 is 0 Å². The summed E-state index contributed by atoms with van der Waals surface area (Å²) in [6.45, 7) is 9.86. The van der Waals surface area contributed by atoms with E-state index in [0.717, 1.165) is 0 Å². The number of hydrogen-bond acceptors (Lipinski definition) is 4. The summed E-state index contributed by atoms with van der Waals surface area (Å²) in [5.74, 6) is -0.428. The minimum atomic E-state index is -0.548. The molecule has 1 atom stereocenters. The van der Waals surface area contributed by atoms with Crippen LogP contribution in [0.2, 0.25) is 0 Å². The first-order valence-corrected chi connectivity index (χ1v) is 7.66. The number of nitrogens with zero attached hydrogens (tertiary/aromatic N) is 3.